The van der Waals surface area contributed by atoms with E-state index in [0.29, 0.717) is 25.9 Å². The zero-order valence-electron chi connectivity index (χ0n) is 10.1. The van der Waals surface area contributed by atoms with E-state index >= 15 is 0 Å². The lowest BCUT2D eigenvalue weighted by molar-refractivity contribution is 0.170. The number of sulfonamides is 1. The molecule has 6 heteroatoms. The van der Waals surface area contributed by atoms with Gasteiger partial charge in [-0.3, -0.25) is 0 Å². The van der Waals surface area contributed by atoms with Gasteiger partial charge in [0, 0.05) is 19.7 Å². The van der Waals surface area contributed by atoms with E-state index in [2.05, 4.69) is 0 Å². The fourth-order valence-electron chi connectivity index (χ4n) is 2.19. The lowest BCUT2D eigenvalue weighted by Gasteiger charge is -2.30. The molecule has 1 aromatic rings. The first kappa shape index (κ1) is 13.3. The zero-order valence-corrected chi connectivity index (χ0v) is 10.9. The highest BCUT2D eigenvalue weighted by atomic mass is 32.2. The number of hydrogen-bond acceptors (Lipinski definition) is 4. The Bertz CT molecular complexity index is 508. The van der Waals surface area contributed by atoms with Gasteiger partial charge in [-0.1, -0.05) is 12.1 Å². The molecule has 1 saturated heterocycles. The quantitative estimate of drug-likeness (QED) is 0.790. The number of nitrogens with zero attached hydrogens (tertiary/aromatic N) is 1. The van der Waals surface area contributed by atoms with Crippen molar-refractivity contribution < 1.29 is 13.5 Å². The van der Waals surface area contributed by atoms with E-state index < -0.39 is 10.0 Å². The predicted molar refractivity (Wildman–Crippen MR) is 69.4 cm³/mol. The van der Waals surface area contributed by atoms with Gasteiger partial charge < -0.3 is 10.8 Å². The fourth-order valence-corrected chi connectivity index (χ4v) is 3.77. The topological polar surface area (TPSA) is 83.6 Å². The predicted octanol–water partition coefficient (Wildman–Crippen LogP) is 0.662. The van der Waals surface area contributed by atoms with Gasteiger partial charge in [0.25, 0.3) is 0 Å². The third-order valence-electron chi connectivity index (χ3n) is 3.37. The molecule has 1 aliphatic rings. The van der Waals surface area contributed by atoms with E-state index in [1.165, 1.54) is 10.4 Å². The molecule has 0 radical (unpaired) electrons. The van der Waals surface area contributed by atoms with Gasteiger partial charge in [0.2, 0.25) is 10.0 Å². The summed E-state index contributed by atoms with van der Waals surface area (Å²) < 4.78 is 26.2. The number of aliphatic hydroxyl groups is 1. The van der Waals surface area contributed by atoms with E-state index in [0.717, 1.165) is 0 Å². The zero-order chi connectivity index (χ0) is 13.2. The molecule has 3 N–H and O–H groups in total. The Morgan fingerprint density at radius 3 is 2.44 bits per heavy atom. The minimum atomic E-state index is -3.50. The van der Waals surface area contributed by atoms with Crippen LogP contribution in [0.5, 0.6) is 0 Å². The highest BCUT2D eigenvalue weighted by molar-refractivity contribution is 7.89. The van der Waals surface area contributed by atoms with Crippen LogP contribution in [-0.2, 0) is 10.0 Å². The van der Waals surface area contributed by atoms with Gasteiger partial charge in [0.05, 0.1) is 5.69 Å². The molecule has 0 amide bonds. The molecule has 0 spiro atoms. The molecule has 0 unspecified atom stereocenters. The number of anilines is 1. The molecule has 0 aromatic heterocycles. The Morgan fingerprint density at radius 2 is 1.89 bits per heavy atom. The molecule has 0 bridgehead atoms. The molecule has 1 aromatic carbocycles. The van der Waals surface area contributed by atoms with Crippen LogP contribution in [-0.4, -0.2) is 37.5 Å². The number of para-hydroxylation sites is 1. The number of benzene rings is 1. The van der Waals surface area contributed by atoms with Crippen LogP contribution in [0.2, 0.25) is 0 Å². The van der Waals surface area contributed by atoms with Gasteiger partial charge in [-0.05, 0) is 30.9 Å². The van der Waals surface area contributed by atoms with Crippen molar-refractivity contribution in [3.05, 3.63) is 24.3 Å². The third kappa shape index (κ3) is 2.50. The number of rotatable bonds is 3. The highest BCUT2D eigenvalue weighted by Gasteiger charge is 2.30. The highest BCUT2D eigenvalue weighted by Crippen LogP contribution is 2.26. The number of aliphatic hydroxyl groups excluding tert-OH is 1. The molecule has 100 valence electrons. The Labute approximate surface area is 107 Å². The molecular weight excluding hydrogens is 252 g/mol. The van der Waals surface area contributed by atoms with Crippen molar-refractivity contribution in [3.63, 3.8) is 0 Å². The Kier molecular flexibility index (Phi) is 3.89. The standard InChI is InChI=1S/C12H18N2O3S/c13-11-3-1-2-4-12(11)18(16,17)14-7-5-10(9-15)6-8-14/h1-4,10,15H,5-9,13H2. The van der Waals surface area contributed by atoms with E-state index in [9.17, 15) is 8.42 Å². The summed E-state index contributed by atoms with van der Waals surface area (Å²) in [5.74, 6) is 0.213. The van der Waals surface area contributed by atoms with E-state index in [1.807, 2.05) is 0 Å². The van der Waals surface area contributed by atoms with Gasteiger partial charge in [-0.2, -0.15) is 4.31 Å². The Balaban J connectivity index is 2.20. The average molecular weight is 270 g/mol. The van der Waals surface area contributed by atoms with Crippen LogP contribution >= 0.6 is 0 Å². The first-order valence-corrected chi connectivity index (χ1v) is 7.45. The lowest BCUT2D eigenvalue weighted by Crippen LogP contribution is -2.39. The number of nitrogen functional groups attached to an aromatic ring is 1. The maximum absolute atomic E-state index is 12.4. The summed E-state index contributed by atoms with van der Waals surface area (Å²) in [6.45, 7) is 1.02. The van der Waals surface area contributed by atoms with Crippen LogP contribution in [0.3, 0.4) is 0 Å². The summed E-state index contributed by atoms with van der Waals surface area (Å²) in [4.78, 5) is 0.174. The van der Waals surface area contributed by atoms with Crippen molar-refractivity contribution in [3.8, 4) is 0 Å². The van der Waals surface area contributed by atoms with Gasteiger partial charge in [-0.25, -0.2) is 8.42 Å². The second kappa shape index (κ2) is 5.26. The first-order chi connectivity index (χ1) is 8.55. The van der Waals surface area contributed by atoms with E-state index in [4.69, 9.17) is 10.8 Å². The third-order valence-corrected chi connectivity index (χ3v) is 5.34. The summed E-state index contributed by atoms with van der Waals surface area (Å²) in [5.41, 5.74) is 6.00. The van der Waals surface area contributed by atoms with E-state index in [-0.39, 0.29) is 23.1 Å². The molecule has 0 atom stereocenters. The van der Waals surface area contributed by atoms with Crippen molar-refractivity contribution in [2.24, 2.45) is 5.92 Å². The van der Waals surface area contributed by atoms with Crippen molar-refractivity contribution in [2.45, 2.75) is 17.7 Å². The molecule has 1 heterocycles. The van der Waals surface area contributed by atoms with Crippen LogP contribution in [0, 0.1) is 5.92 Å². The van der Waals surface area contributed by atoms with Crippen LogP contribution in [0.25, 0.3) is 0 Å². The SMILES string of the molecule is Nc1ccccc1S(=O)(=O)N1CCC(CO)CC1. The lowest BCUT2D eigenvalue weighted by atomic mass is 10.00. The van der Waals surface area contributed by atoms with Gasteiger partial charge in [0.15, 0.2) is 0 Å². The van der Waals surface area contributed by atoms with E-state index in [1.54, 1.807) is 18.2 Å². The smallest absolute Gasteiger partial charge is 0.245 e. The fraction of sp³-hybridized carbons (Fsp3) is 0.500. The van der Waals surface area contributed by atoms with Crippen LogP contribution in [0.4, 0.5) is 5.69 Å². The Morgan fingerprint density at radius 1 is 1.28 bits per heavy atom. The molecule has 1 aliphatic heterocycles. The monoisotopic (exact) mass is 270 g/mol. The van der Waals surface area contributed by atoms with Crippen LogP contribution < -0.4 is 5.73 Å². The molecular formula is C12H18N2O3S. The minimum absolute atomic E-state index is 0.126. The van der Waals surface area contributed by atoms with Crippen molar-refractivity contribution in [1.82, 2.24) is 4.31 Å². The molecule has 2 rings (SSSR count). The molecule has 0 saturated carbocycles. The minimum Gasteiger partial charge on any atom is -0.398 e. The number of hydrogen-bond donors (Lipinski definition) is 2. The molecule has 1 fully saturated rings. The van der Waals surface area contributed by atoms with Gasteiger partial charge in [-0.15, -0.1) is 0 Å². The normalized spacial score (nSPS) is 18.9. The van der Waals surface area contributed by atoms with Crippen LogP contribution in [0.1, 0.15) is 12.8 Å². The summed E-state index contributed by atoms with van der Waals surface area (Å²) in [7, 11) is -3.50. The number of nitrogens with two attached hydrogens (primary N) is 1. The van der Waals surface area contributed by atoms with Gasteiger partial charge >= 0.3 is 0 Å². The van der Waals surface area contributed by atoms with Gasteiger partial charge in [0.1, 0.15) is 4.90 Å². The maximum atomic E-state index is 12.4. The number of piperidine rings is 1. The maximum Gasteiger partial charge on any atom is 0.245 e. The summed E-state index contributed by atoms with van der Waals surface area (Å²) in [5, 5.41) is 9.05. The Hall–Kier alpha value is -1.11. The largest absolute Gasteiger partial charge is 0.398 e. The molecule has 18 heavy (non-hydrogen) atoms. The second-order valence-corrected chi connectivity index (χ2v) is 6.47. The van der Waals surface area contributed by atoms with Crippen molar-refractivity contribution in [2.75, 3.05) is 25.4 Å². The van der Waals surface area contributed by atoms with Crippen LogP contribution in [0.15, 0.2) is 29.2 Å². The summed E-state index contributed by atoms with van der Waals surface area (Å²) >= 11 is 0. The van der Waals surface area contributed by atoms with Crippen molar-refractivity contribution >= 4 is 15.7 Å². The molecule has 5 nitrogen and oxygen atoms in total. The van der Waals surface area contributed by atoms with Crippen molar-refractivity contribution in [1.29, 1.82) is 0 Å². The second-order valence-electron chi connectivity index (χ2n) is 4.57. The average Bonchev–Trinajstić information content (AvgIpc) is 2.39. The first-order valence-electron chi connectivity index (χ1n) is 6.01. The molecule has 0 aliphatic carbocycles. The summed E-state index contributed by atoms with van der Waals surface area (Å²) in [6.07, 6.45) is 1.39. The summed E-state index contributed by atoms with van der Waals surface area (Å²) in [6, 6.07) is 6.51.